The van der Waals surface area contributed by atoms with Gasteiger partial charge in [-0.25, -0.2) is 0 Å². The predicted octanol–water partition coefficient (Wildman–Crippen LogP) is 2.60. The topological polar surface area (TPSA) is 84.4 Å². The third kappa shape index (κ3) is 2.81. The number of nitro benzene ring substituents is 1. The molecule has 1 aromatic carbocycles. The molecule has 0 saturated carbocycles. The lowest BCUT2D eigenvalue weighted by molar-refractivity contribution is -0.383. The molecule has 2 atom stereocenters. The van der Waals surface area contributed by atoms with Crippen LogP contribution < -0.4 is 11.1 Å². The third-order valence-corrected chi connectivity index (χ3v) is 4.93. The Morgan fingerprint density at radius 1 is 1.33 bits per heavy atom. The number of nitrogens with two attached hydrogens (primary N) is 1. The summed E-state index contributed by atoms with van der Waals surface area (Å²) in [5.74, 6) is 0. The molecule has 2 bridgehead atoms. The zero-order chi connectivity index (χ0) is 15.0. The average molecular weight is 290 g/mol. The first kappa shape index (κ1) is 14.1. The van der Waals surface area contributed by atoms with E-state index >= 15 is 0 Å². The molecule has 3 rings (SSSR count). The monoisotopic (exact) mass is 290 g/mol. The van der Waals surface area contributed by atoms with Gasteiger partial charge in [-0.05, 0) is 44.9 Å². The Labute approximate surface area is 124 Å². The van der Waals surface area contributed by atoms with Crippen LogP contribution in [0.15, 0.2) is 18.2 Å². The van der Waals surface area contributed by atoms with Crippen LogP contribution in [0.4, 0.5) is 17.1 Å². The zero-order valence-corrected chi connectivity index (χ0v) is 12.3. The summed E-state index contributed by atoms with van der Waals surface area (Å²) in [6.07, 6.45) is 6.13. The first-order valence-electron chi connectivity index (χ1n) is 7.57. The molecule has 21 heavy (non-hydrogen) atoms. The van der Waals surface area contributed by atoms with E-state index in [-0.39, 0.29) is 11.4 Å². The van der Waals surface area contributed by atoms with Gasteiger partial charge >= 0.3 is 0 Å². The molecule has 114 valence electrons. The highest BCUT2D eigenvalue weighted by Crippen LogP contribution is 2.34. The first-order valence-corrected chi connectivity index (χ1v) is 7.57. The number of nitro groups is 1. The number of fused-ring (bicyclic) bond motifs is 2. The lowest BCUT2D eigenvalue weighted by Gasteiger charge is -2.47. The SMILES string of the molecule is CN1C2CCCC1CC(Nc1ccc([N+](=O)[O-])c(N)c1)C2. The number of benzene rings is 1. The van der Waals surface area contributed by atoms with Crippen molar-refractivity contribution >= 4 is 17.1 Å². The van der Waals surface area contributed by atoms with Crippen LogP contribution in [0, 0.1) is 10.1 Å². The summed E-state index contributed by atoms with van der Waals surface area (Å²) in [4.78, 5) is 12.9. The fourth-order valence-electron chi connectivity index (χ4n) is 3.78. The predicted molar refractivity (Wildman–Crippen MR) is 83.3 cm³/mol. The highest BCUT2D eigenvalue weighted by atomic mass is 16.6. The van der Waals surface area contributed by atoms with Crippen LogP contribution in [0.5, 0.6) is 0 Å². The highest BCUT2D eigenvalue weighted by Gasteiger charge is 2.35. The van der Waals surface area contributed by atoms with Crippen LogP contribution in [-0.2, 0) is 0 Å². The molecule has 2 aliphatic rings. The minimum atomic E-state index is -0.445. The van der Waals surface area contributed by atoms with Gasteiger partial charge in [-0.15, -0.1) is 0 Å². The summed E-state index contributed by atoms with van der Waals surface area (Å²) >= 11 is 0. The van der Waals surface area contributed by atoms with Gasteiger partial charge in [0.1, 0.15) is 5.69 Å². The Kier molecular flexibility index (Phi) is 3.71. The molecule has 2 saturated heterocycles. The van der Waals surface area contributed by atoms with Crippen molar-refractivity contribution in [1.82, 2.24) is 4.90 Å². The number of rotatable bonds is 3. The van der Waals surface area contributed by atoms with Crippen LogP contribution in [0.1, 0.15) is 32.1 Å². The van der Waals surface area contributed by atoms with Crippen molar-refractivity contribution in [3.63, 3.8) is 0 Å². The normalized spacial score (nSPS) is 29.1. The van der Waals surface area contributed by atoms with Gasteiger partial charge in [-0.2, -0.15) is 0 Å². The van der Waals surface area contributed by atoms with Gasteiger partial charge in [-0.3, -0.25) is 10.1 Å². The van der Waals surface area contributed by atoms with Gasteiger partial charge in [0.2, 0.25) is 0 Å². The number of nitrogen functional groups attached to an aromatic ring is 1. The molecule has 0 amide bonds. The van der Waals surface area contributed by atoms with Gasteiger partial charge in [0.05, 0.1) is 4.92 Å². The molecule has 2 heterocycles. The number of hydrogen-bond donors (Lipinski definition) is 2. The molecular weight excluding hydrogens is 268 g/mol. The average Bonchev–Trinajstić information content (AvgIpc) is 2.39. The van der Waals surface area contributed by atoms with Gasteiger partial charge < -0.3 is 16.0 Å². The van der Waals surface area contributed by atoms with Gasteiger partial charge in [-0.1, -0.05) is 6.42 Å². The van der Waals surface area contributed by atoms with E-state index in [0.29, 0.717) is 18.1 Å². The van der Waals surface area contributed by atoms with Crippen molar-refractivity contribution in [3.05, 3.63) is 28.3 Å². The Morgan fingerprint density at radius 2 is 2.00 bits per heavy atom. The van der Waals surface area contributed by atoms with Crippen molar-refractivity contribution in [2.45, 2.75) is 50.2 Å². The van der Waals surface area contributed by atoms with Crippen LogP contribution >= 0.6 is 0 Å². The molecule has 1 aromatic rings. The van der Waals surface area contributed by atoms with E-state index in [2.05, 4.69) is 17.3 Å². The zero-order valence-electron chi connectivity index (χ0n) is 12.3. The van der Waals surface area contributed by atoms with E-state index in [1.54, 1.807) is 12.1 Å². The van der Waals surface area contributed by atoms with E-state index in [1.165, 1.54) is 25.3 Å². The van der Waals surface area contributed by atoms with Crippen molar-refractivity contribution in [3.8, 4) is 0 Å². The summed E-state index contributed by atoms with van der Waals surface area (Å²) in [5, 5.41) is 14.3. The van der Waals surface area contributed by atoms with E-state index < -0.39 is 4.92 Å². The Morgan fingerprint density at radius 3 is 2.57 bits per heavy atom. The summed E-state index contributed by atoms with van der Waals surface area (Å²) in [6, 6.07) is 6.65. The molecule has 6 heteroatoms. The van der Waals surface area contributed by atoms with Crippen LogP contribution in [0.2, 0.25) is 0 Å². The fourth-order valence-corrected chi connectivity index (χ4v) is 3.78. The van der Waals surface area contributed by atoms with Crippen molar-refractivity contribution in [2.75, 3.05) is 18.1 Å². The van der Waals surface area contributed by atoms with Gasteiger partial charge in [0, 0.05) is 29.9 Å². The van der Waals surface area contributed by atoms with Crippen molar-refractivity contribution in [1.29, 1.82) is 0 Å². The molecule has 0 spiro atoms. The standard InChI is InChI=1S/C15H22N4O2/c1-18-12-3-2-4-13(18)8-11(7-12)17-10-5-6-15(19(20)21)14(16)9-10/h5-6,9,11-13,17H,2-4,7-8,16H2,1H3. The molecule has 0 radical (unpaired) electrons. The second-order valence-electron chi connectivity index (χ2n) is 6.25. The largest absolute Gasteiger partial charge is 0.393 e. The highest BCUT2D eigenvalue weighted by molar-refractivity contribution is 5.66. The summed E-state index contributed by atoms with van der Waals surface area (Å²) in [5.41, 5.74) is 6.83. The quantitative estimate of drug-likeness (QED) is 0.508. The minimum Gasteiger partial charge on any atom is -0.393 e. The number of nitrogens with zero attached hydrogens (tertiary/aromatic N) is 2. The maximum Gasteiger partial charge on any atom is 0.292 e. The molecule has 2 aliphatic heterocycles. The molecule has 6 nitrogen and oxygen atoms in total. The smallest absolute Gasteiger partial charge is 0.292 e. The number of anilines is 2. The van der Waals surface area contributed by atoms with E-state index in [9.17, 15) is 10.1 Å². The number of piperidine rings is 2. The van der Waals surface area contributed by atoms with Crippen LogP contribution in [0.25, 0.3) is 0 Å². The lowest BCUT2D eigenvalue weighted by Crippen LogP contribution is -2.52. The fraction of sp³-hybridized carbons (Fsp3) is 0.600. The number of hydrogen-bond acceptors (Lipinski definition) is 5. The maximum atomic E-state index is 10.8. The van der Waals surface area contributed by atoms with Crippen molar-refractivity contribution < 1.29 is 4.92 Å². The molecule has 3 N–H and O–H groups in total. The molecule has 0 aromatic heterocycles. The first-order chi connectivity index (χ1) is 10.0. The maximum absolute atomic E-state index is 10.8. The molecule has 2 fully saturated rings. The van der Waals surface area contributed by atoms with E-state index in [1.807, 2.05) is 0 Å². The second-order valence-corrected chi connectivity index (χ2v) is 6.25. The van der Waals surface area contributed by atoms with E-state index in [0.717, 1.165) is 18.5 Å². The Bertz CT molecular complexity index is 534. The molecular formula is C15H22N4O2. The number of nitrogens with one attached hydrogen (secondary N) is 1. The van der Waals surface area contributed by atoms with E-state index in [4.69, 9.17) is 5.73 Å². The minimum absolute atomic E-state index is 0.0270. The lowest BCUT2D eigenvalue weighted by atomic mass is 9.82. The van der Waals surface area contributed by atoms with Crippen molar-refractivity contribution in [2.24, 2.45) is 0 Å². The Hall–Kier alpha value is -1.82. The molecule has 0 aliphatic carbocycles. The summed E-state index contributed by atoms with van der Waals surface area (Å²) < 4.78 is 0. The third-order valence-electron chi connectivity index (χ3n) is 4.93. The summed E-state index contributed by atoms with van der Waals surface area (Å²) in [7, 11) is 2.23. The second kappa shape index (κ2) is 5.52. The van der Waals surface area contributed by atoms with Gasteiger partial charge in [0.25, 0.3) is 5.69 Å². The molecule has 2 unspecified atom stereocenters. The van der Waals surface area contributed by atoms with Gasteiger partial charge in [0.15, 0.2) is 0 Å². The van der Waals surface area contributed by atoms with Crippen LogP contribution in [-0.4, -0.2) is 35.0 Å². The Balaban J connectivity index is 1.70. The summed E-state index contributed by atoms with van der Waals surface area (Å²) in [6.45, 7) is 0. The van der Waals surface area contributed by atoms with Crippen LogP contribution in [0.3, 0.4) is 0 Å².